The van der Waals surface area contributed by atoms with E-state index < -0.39 is 38.3 Å². The number of amides is 3. The highest BCUT2D eigenvalue weighted by Gasteiger charge is 2.46. The Balaban J connectivity index is 2.15. The summed E-state index contributed by atoms with van der Waals surface area (Å²) < 4.78 is 30.9. The molecule has 2 rings (SSSR count). The summed E-state index contributed by atoms with van der Waals surface area (Å²) in [6, 6.07) is 11.4. The molecule has 6 nitrogen and oxygen atoms in total. The fourth-order valence-electron chi connectivity index (χ4n) is 4.27. The van der Waals surface area contributed by atoms with Crippen LogP contribution >= 0.6 is 0 Å². The molecule has 0 saturated carbocycles. The number of unbranched alkanes of at least 4 members (excludes halogenated alkanes) is 1. The zero-order valence-corrected chi connectivity index (χ0v) is 24.3. The molecule has 0 aromatic heterocycles. The first-order chi connectivity index (χ1) is 18.0. The number of fused-ring (bicyclic) bond motifs is 1. The molecular formula is C29H43F2N3O3Si. The molecule has 0 heterocycles. The lowest BCUT2D eigenvalue weighted by Crippen LogP contribution is -2.58. The van der Waals surface area contributed by atoms with E-state index in [2.05, 4.69) is 16.0 Å². The summed E-state index contributed by atoms with van der Waals surface area (Å²) in [6.45, 7) is 9.83. The molecule has 2 aromatic rings. The van der Waals surface area contributed by atoms with Gasteiger partial charge in [-0.2, -0.15) is 0 Å². The second-order valence-corrected chi connectivity index (χ2v) is 13.3. The summed E-state index contributed by atoms with van der Waals surface area (Å²) in [7, 11) is -5.00. The van der Waals surface area contributed by atoms with Gasteiger partial charge in [-0.25, -0.2) is 0 Å². The van der Waals surface area contributed by atoms with Crippen LogP contribution < -0.4 is 16.0 Å². The topological polar surface area (TPSA) is 87.3 Å². The molecular weight excluding hydrogens is 504 g/mol. The zero-order valence-electron chi connectivity index (χ0n) is 23.3. The second-order valence-electron chi connectivity index (χ2n) is 10.6. The molecule has 0 radical (unpaired) electrons. The normalized spacial score (nSPS) is 14.1. The molecule has 9 heteroatoms. The van der Waals surface area contributed by atoms with Crippen molar-refractivity contribution in [1.29, 1.82) is 0 Å². The van der Waals surface area contributed by atoms with Crippen LogP contribution in [0.1, 0.15) is 77.1 Å². The summed E-state index contributed by atoms with van der Waals surface area (Å²) in [5.41, 5.74) is -0.917. The van der Waals surface area contributed by atoms with E-state index in [9.17, 15) is 14.4 Å². The molecule has 0 spiro atoms. The Morgan fingerprint density at radius 1 is 0.947 bits per heavy atom. The van der Waals surface area contributed by atoms with Crippen LogP contribution in [0, 0.1) is 11.8 Å². The highest BCUT2D eigenvalue weighted by Crippen LogP contribution is 2.26. The molecule has 0 saturated heterocycles. The Morgan fingerprint density at radius 2 is 1.63 bits per heavy atom. The smallest absolute Gasteiger partial charge is 0.356 e. The van der Waals surface area contributed by atoms with Crippen molar-refractivity contribution >= 4 is 37.2 Å². The van der Waals surface area contributed by atoms with Gasteiger partial charge in [0.1, 0.15) is 6.04 Å². The van der Waals surface area contributed by atoms with E-state index in [1.807, 2.05) is 65.0 Å². The molecule has 0 fully saturated rings. The highest BCUT2D eigenvalue weighted by atomic mass is 28.4. The largest absolute Gasteiger partial charge is 0.446 e. The Hall–Kier alpha value is -2.81. The van der Waals surface area contributed by atoms with Gasteiger partial charge >= 0.3 is 8.74 Å². The van der Waals surface area contributed by atoms with Crippen molar-refractivity contribution in [3.05, 3.63) is 48.0 Å². The van der Waals surface area contributed by atoms with Crippen LogP contribution in [0.25, 0.3) is 10.8 Å². The third-order valence-corrected chi connectivity index (χ3v) is 9.18. The Kier molecular flexibility index (Phi) is 12.4. The molecule has 0 bridgehead atoms. The lowest BCUT2D eigenvalue weighted by Gasteiger charge is -2.30. The summed E-state index contributed by atoms with van der Waals surface area (Å²) >= 11 is 0. The van der Waals surface area contributed by atoms with Crippen molar-refractivity contribution in [2.45, 2.75) is 84.5 Å². The minimum absolute atomic E-state index is 0.0775. The highest BCUT2D eigenvalue weighted by molar-refractivity contribution is 6.68. The minimum atomic E-state index is -5.00. The van der Waals surface area contributed by atoms with Crippen LogP contribution in [0.2, 0.25) is 6.04 Å². The molecule has 2 aromatic carbocycles. The quantitative estimate of drug-likeness (QED) is 0.151. The van der Waals surface area contributed by atoms with Gasteiger partial charge in [0.25, 0.3) is 5.91 Å². The van der Waals surface area contributed by atoms with Crippen LogP contribution in [0.4, 0.5) is 8.22 Å². The molecule has 0 aliphatic heterocycles. The van der Waals surface area contributed by atoms with Crippen molar-refractivity contribution < 1.29 is 22.6 Å². The average Bonchev–Trinajstić information content (AvgIpc) is 2.89. The van der Waals surface area contributed by atoms with Gasteiger partial charge < -0.3 is 16.0 Å². The van der Waals surface area contributed by atoms with Crippen molar-refractivity contribution in [2.24, 2.45) is 11.8 Å². The molecule has 0 aliphatic carbocycles. The average molecular weight is 548 g/mol. The fraction of sp³-hybridized carbons (Fsp3) is 0.552. The number of benzene rings is 2. The lowest BCUT2D eigenvalue weighted by atomic mass is 9.97. The number of carbonyl (C=O) groups is 3. The minimum Gasteiger partial charge on any atom is -0.356 e. The van der Waals surface area contributed by atoms with E-state index in [-0.39, 0.29) is 30.6 Å². The van der Waals surface area contributed by atoms with E-state index in [0.717, 1.165) is 23.6 Å². The number of halogens is 2. The maximum absolute atomic E-state index is 15.4. The number of carbonyl (C=O) groups excluding carboxylic acids is 3. The van der Waals surface area contributed by atoms with Crippen molar-refractivity contribution in [3.63, 3.8) is 0 Å². The number of hydrogen-bond donors (Lipinski definition) is 3. The predicted molar refractivity (Wildman–Crippen MR) is 151 cm³/mol. The van der Waals surface area contributed by atoms with E-state index in [1.54, 1.807) is 12.1 Å². The van der Waals surface area contributed by atoms with Gasteiger partial charge in [0.05, 0.1) is 5.67 Å². The maximum Gasteiger partial charge on any atom is 0.446 e. The van der Waals surface area contributed by atoms with Gasteiger partial charge in [-0.15, -0.1) is 0 Å². The SMILES string of the molecule is CCCCNC(=O)CC[Si](F)(F)[C@H](CC(C)C)NC(=O)[C@@H](NC(=O)c1ccc2ccccc2c1)[C@@H](C)CC. The first-order valence-corrected chi connectivity index (χ1v) is 15.8. The van der Waals surface area contributed by atoms with Crippen molar-refractivity contribution in [1.82, 2.24) is 16.0 Å². The summed E-state index contributed by atoms with van der Waals surface area (Å²) in [6.07, 6.45) is 2.13. The van der Waals surface area contributed by atoms with Crippen LogP contribution in [-0.2, 0) is 9.59 Å². The Morgan fingerprint density at radius 3 is 2.26 bits per heavy atom. The molecule has 0 aliphatic rings. The summed E-state index contributed by atoms with van der Waals surface area (Å²) in [4.78, 5) is 38.5. The third kappa shape index (κ3) is 9.49. The second kappa shape index (κ2) is 14.9. The monoisotopic (exact) mass is 547 g/mol. The molecule has 3 amide bonds. The molecule has 3 N–H and O–H groups in total. The van der Waals surface area contributed by atoms with E-state index in [4.69, 9.17) is 0 Å². The number of rotatable bonds is 15. The first-order valence-electron chi connectivity index (χ1n) is 13.7. The van der Waals surface area contributed by atoms with Gasteiger partial charge in [0, 0.05) is 24.6 Å². The van der Waals surface area contributed by atoms with E-state index in [0.29, 0.717) is 18.5 Å². The van der Waals surface area contributed by atoms with Crippen LogP contribution in [0.3, 0.4) is 0 Å². The van der Waals surface area contributed by atoms with Crippen molar-refractivity contribution in [3.8, 4) is 0 Å². The predicted octanol–water partition coefficient (Wildman–Crippen LogP) is 5.74. The third-order valence-electron chi connectivity index (χ3n) is 6.86. The lowest BCUT2D eigenvalue weighted by molar-refractivity contribution is -0.124. The van der Waals surface area contributed by atoms with Crippen LogP contribution in [0.5, 0.6) is 0 Å². The zero-order chi connectivity index (χ0) is 28.3. The van der Waals surface area contributed by atoms with Gasteiger partial charge in [0.2, 0.25) is 11.8 Å². The molecule has 38 heavy (non-hydrogen) atoms. The van der Waals surface area contributed by atoms with Crippen LogP contribution in [0.15, 0.2) is 42.5 Å². The Labute approximate surface area is 226 Å². The van der Waals surface area contributed by atoms with Gasteiger partial charge in [0.15, 0.2) is 0 Å². The van der Waals surface area contributed by atoms with Gasteiger partial charge in [-0.05, 0) is 47.6 Å². The molecule has 210 valence electrons. The first kappa shape index (κ1) is 31.4. The maximum atomic E-state index is 15.4. The van der Waals surface area contributed by atoms with E-state index >= 15 is 8.22 Å². The number of nitrogens with one attached hydrogen (secondary N) is 3. The number of hydrogen-bond acceptors (Lipinski definition) is 3. The standard InChI is InChI=1S/C29H43F2N3O3Si/c1-6-8-16-32-25(35)15-17-38(30,31)26(18-20(3)4)33-29(37)27(21(5)7-2)34-28(36)24-14-13-22-11-9-10-12-23(22)19-24/h9-14,19-21,26-27H,6-8,15-18H2,1-5H3,(H,32,35)(H,33,37)(H,34,36)/t21-,26+,27-/m0/s1. The summed E-state index contributed by atoms with van der Waals surface area (Å²) in [5.74, 6) is -1.77. The Bertz CT molecular complexity index is 1080. The van der Waals surface area contributed by atoms with Crippen LogP contribution in [-0.4, -0.2) is 44.7 Å². The molecule has 3 atom stereocenters. The van der Waals surface area contributed by atoms with Crippen molar-refractivity contribution in [2.75, 3.05) is 6.54 Å². The summed E-state index contributed by atoms with van der Waals surface area (Å²) in [5, 5.41) is 9.95. The van der Waals surface area contributed by atoms with E-state index in [1.165, 1.54) is 0 Å². The van der Waals surface area contributed by atoms with Gasteiger partial charge in [-0.3, -0.25) is 22.6 Å². The van der Waals surface area contributed by atoms with Gasteiger partial charge in [-0.1, -0.05) is 77.8 Å². The fourth-order valence-corrected chi connectivity index (χ4v) is 6.35. The molecule has 0 unspecified atom stereocenters.